The van der Waals surface area contributed by atoms with Crippen LogP contribution >= 0.6 is 0 Å². The van der Waals surface area contributed by atoms with Gasteiger partial charge >= 0.3 is 0 Å². The molecule has 0 saturated carbocycles. The highest BCUT2D eigenvalue weighted by atomic mass is 14.7. The standard InChI is InChI=1S/C20H18N2/c21-16-9-4-8-15(12-16)19-13-22-20(14-6-2-1-3-7-14)18-11-5-10-17(18)19/h1-4,6-9,12-13H,5,10-11,21H2. The number of fused-ring (bicyclic) bond motifs is 1. The second-order valence-electron chi connectivity index (χ2n) is 5.82. The minimum atomic E-state index is 0.802. The fourth-order valence-electron chi connectivity index (χ4n) is 3.39. The Hall–Kier alpha value is -2.61. The summed E-state index contributed by atoms with van der Waals surface area (Å²) in [5.74, 6) is 0. The molecule has 1 heterocycles. The van der Waals surface area contributed by atoms with E-state index < -0.39 is 0 Å². The molecule has 0 atom stereocenters. The number of rotatable bonds is 2. The number of benzene rings is 2. The molecule has 1 aliphatic rings. The van der Waals surface area contributed by atoms with Gasteiger partial charge in [0.2, 0.25) is 0 Å². The molecule has 0 bridgehead atoms. The van der Waals surface area contributed by atoms with Gasteiger partial charge in [-0.15, -0.1) is 0 Å². The Morgan fingerprint density at radius 2 is 1.59 bits per heavy atom. The van der Waals surface area contributed by atoms with Gasteiger partial charge in [-0.1, -0.05) is 42.5 Å². The summed E-state index contributed by atoms with van der Waals surface area (Å²) in [6, 6.07) is 18.6. The van der Waals surface area contributed by atoms with Crippen molar-refractivity contribution in [3.05, 3.63) is 71.9 Å². The number of nitrogens with two attached hydrogens (primary N) is 1. The Kier molecular flexibility index (Phi) is 3.15. The maximum Gasteiger partial charge on any atom is 0.0737 e. The molecule has 0 aliphatic heterocycles. The van der Waals surface area contributed by atoms with Crippen LogP contribution in [0.5, 0.6) is 0 Å². The van der Waals surface area contributed by atoms with E-state index in [-0.39, 0.29) is 0 Å². The molecule has 2 heteroatoms. The van der Waals surface area contributed by atoms with Crippen LogP contribution in [0.4, 0.5) is 5.69 Å². The van der Waals surface area contributed by atoms with Crippen molar-refractivity contribution in [2.45, 2.75) is 19.3 Å². The van der Waals surface area contributed by atoms with Gasteiger partial charge in [-0.25, -0.2) is 0 Å². The molecular formula is C20H18N2. The van der Waals surface area contributed by atoms with Crippen LogP contribution in [0.25, 0.3) is 22.4 Å². The fraction of sp³-hybridized carbons (Fsp3) is 0.150. The maximum absolute atomic E-state index is 5.94. The third-order valence-corrected chi connectivity index (χ3v) is 4.40. The summed E-state index contributed by atoms with van der Waals surface area (Å²) in [5, 5.41) is 0. The Bertz CT molecular complexity index is 822. The van der Waals surface area contributed by atoms with E-state index in [4.69, 9.17) is 10.7 Å². The monoisotopic (exact) mass is 286 g/mol. The summed E-state index contributed by atoms with van der Waals surface area (Å²) in [4.78, 5) is 4.79. The van der Waals surface area contributed by atoms with Crippen molar-refractivity contribution in [1.29, 1.82) is 0 Å². The highest BCUT2D eigenvalue weighted by molar-refractivity contribution is 5.76. The number of pyridine rings is 1. The van der Waals surface area contributed by atoms with E-state index in [0.29, 0.717) is 0 Å². The van der Waals surface area contributed by atoms with Crippen LogP contribution in [0.3, 0.4) is 0 Å². The highest BCUT2D eigenvalue weighted by Crippen LogP contribution is 2.37. The smallest absolute Gasteiger partial charge is 0.0737 e. The van der Waals surface area contributed by atoms with Crippen LogP contribution in [-0.2, 0) is 12.8 Å². The number of anilines is 1. The summed E-state index contributed by atoms with van der Waals surface area (Å²) < 4.78 is 0. The average molecular weight is 286 g/mol. The topological polar surface area (TPSA) is 38.9 Å². The molecule has 4 rings (SSSR count). The molecule has 1 aromatic heterocycles. The lowest BCUT2D eigenvalue weighted by atomic mass is 9.95. The average Bonchev–Trinajstić information content (AvgIpc) is 3.04. The van der Waals surface area contributed by atoms with Crippen LogP contribution in [0, 0.1) is 0 Å². The maximum atomic E-state index is 5.94. The second kappa shape index (κ2) is 5.30. The van der Waals surface area contributed by atoms with Crippen molar-refractivity contribution in [2.75, 3.05) is 5.73 Å². The number of hydrogen-bond acceptors (Lipinski definition) is 2. The lowest BCUT2D eigenvalue weighted by Gasteiger charge is -2.13. The van der Waals surface area contributed by atoms with E-state index in [9.17, 15) is 0 Å². The molecule has 2 aromatic carbocycles. The lowest BCUT2D eigenvalue weighted by molar-refractivity contribution is 0.912. The van der Waals surface area contributed by atoms with Crippen molar-refractivity contribution in [1.82, 2.24) is 4.98 Å². The lowest BCUT2D eigenvalue weighted by Crippen LogP contribution is -1.96. The first-order valence-corrected chi connectivity index (χ1v) is 7.75. The molecular weight excluding hydrogens is 268 g/mol. The minimum absolute atomic E-state index is 0.802. The van der Waals surface area contributed by atoms with E-state index in [1.807, 2.05) is 30.5 Å². The fourth-order valence-corrected chi connectivity index (χ4v) is 3.39. The zero-order valence-electron chi connectivity index (χ0n) is 12.4. The quantitative estimate of drug-likeness (QED) is 0.705. The normalized spacial score (nSPS) is 13.1. The highest BCUT2D eigenvalue weighted by Gasteiger charge is 2.21. The van der Waals surface area contributed by atoms with Crippen molar-refractivity contribution in [3.63, 3.8) is 0 Å². The molecule has 22 heavy (non-hydrogen) atoms. The van der Waals surface area contributed by atoms with Gasteiger partial charge in [0.1, 0.15) is 0 Å². The Balaban J connectivity index is 1.89. The first kappa shape index (κ1) is 13.1. The molecule has 2 nitrogen and oxygen atoms in total. The molecule has 1 aliphatic carbocycles. The van der Waals surface area contributed by atoms with Crippen LogP contribution in [0.1, 0.15) is 17.5 Å². The van der Waals surface area contributed by atoms with Gasteiger partial charge in [0.25, 0.3) is 0 Å². The third-order valence-electron chi connectivity index (χ3n) is 4.40. The molecule has 0 spiro atoms. The Labute approximate surface area is 130 Å². The molecule has 0 unspecified atom stereocenters. The number of nitrogens with zero attached hydrogens (tertiary/aromatic N) is 1. The summed E-state index contributed by atoms with van der Waals surface area (Å²) in [7, 11) is 0. The van der Waals surface area contributed by atoms with Crippen molar-refractivity contribution < 1.29 is 0 Å². The first-order chi connectivity index (χ1) is 10.8. The van der Waals surface area contributed by atoms with Gasteiger partial charge in [-0.2, -0.15) is 0 Å². The van der Waals surface area contributed by atoms with Crippen LogP contribution in [0.15, 0.2) is 60.8 Å². The largest absolute Gasteiger partial charge is 0.399 e. The zero-order chi connectivity index (χ0) is 14.9. The van der Waals surface area contributed by atoms with E-state index in [1.165, 1.54) is 34.2 Å². The van der Waals surface area contributed by atoms with Crippen LogP contribution in [-0.4, -0.2) is 4.98 Å². The minimum Gasteiger partial charge on any atom is -0.399 e. The predicted molar refractivity (Wildman–Crippen MR) is 91.5 cm³/mol. The second-order valence-corrected chi connectivity index (χ2v) is 5.82. The number of aromatic nitrogens is 1. The van der Waals surface area contributed by atoms with Gasteiger partial charge in [0.05, 0.1) is 5.69 Å². The summed E-state index contributed by atoms with van der Waals surface area (Å²) in [6.45, 7) is 0. The first-order valence-electron chi connectivity index (χ1n) is 7.75. The summed E-state index contributed by atoms with van der Waals surface area (Å²) >= 11 is 0. The molecule has 0 fully saturated rings. The number of nitrogen functional groups attached to an aromatic ring is 1. The van der Waals surface area contributed by atoms with Crippen molar-refractivity contribution >= 4 is 5.69 Å². The van der Waals surface area contributed by atoms with Gasteiger partial charge in [0, 0.05) is 23.0 Å². The predicted octanol–water partition coefficient (Wildman–Crippen LogP) is 4.49. The Morgan fingerprint density at radius 3 is 2.41 bits per heavy atom. The summed E-state index contributed by atoms with van der Waals surface area (Å²) in [5.41, 5.74) is 14.4. The van der Waals surface area contributed by atoms with E-state index >= 15 is 0 Å². The summed E-state index contributed by atoms with van der Waals surface area (Å²) in [6.07, 6.45) is 5.46. The molecule has 0 saturated heterocycles. The van der Waals surface area contributed by atoms with E-state index in [2.05, 4.69) is 30.3 Å². The van der Waals surface area contributed by atoms with Crippen molar-refractivity contribution in [2.24, 2.45) is 0 Å². The van der Waals surface area contributed by atoms with Gasteiger partial charge in [0.15, 0.2) is 0 Å². The molecule has 0 amide bonds. The van der Waals surface area contributed by atoms with Gasteiger partial charge in [-0.3, -0.25) is 4.98 Å². The molecule has 2 N–H and O–H groups in total. The van der Waals surface area contributed by atoms with Crippen molar-refractivity contribution in [3.8, 4) is 22.4 Å². The van der Waals surface area contributed by atoms with Crippen LogP contribution < -0.4 is 5.73 Å². The van der Waals surface area contributed by atoms with Gasteiger partial charge in [-0.05, 0) is 48.1 Å². The van der Waals surface area contributed by atoms with Crippen LogP contribution in [0.2, 0.25) is 0 Å². The molecule has 0 radical (unpaired) electrons. The number of hydrogen-bond donors (Lipinski definition) is 1. The zero-order valence-corrected chi connectivity index (χ0v) is 12.4. The molecule has 3 aromatic rings. The Morgan fingerprint density at radius 1 is 0.818 bits per heavy atom. The SMILES string of the molecule is Nc1cccc(-c2cnc(-c3ccccc3)c3c2CCC3)c1. The molecule has 108 valence electrons. The van der Waals surface area contributed by atoms with E-state index in [0.717, 1.165) is 24.2 Å². The van der Waals surface area contributed by atoms with Gasteiger partial charge < -0.3 is 5.73 Å². The third kappa shape index (κ3) is 2.17. The van der Waals surface area contributed by atoms with E-state index in [1.54, 1.807) is 0 Å².